The topological polar surface area (TPSA) is 87.1 Å². The van der Waals surface area contributed by atoms with Crippen LogP contribution in [0.5, 0.6) is 11.5 Å². The average molecular weight is 293 g/mol. The van der Waals surface area contributed by atoms with Crippen LogP contribution < -0.4 is 4.74 Å². The van der Waals surface area contributed by atoms with E-state index >= 15 is 0 Å². The number of ether oxygens (including phenoxy) is 1. The third-order valence-electron chi connectivity index (χ3n) is 4.10. The Morgan fingerprint density at radius 3 is 2.38 bits per heavy atom. The fraction of sp³-hybridized carbons (Fsp3) is 0.467. The summed E-state index contributed by atoms with van der Waals surface area (Å²) < 4.78 is 4.94. The number of aromatic hydroxyl groups is 1. The van der Waals surface area contributed by atoms with Crippen molar-refractivity contribution < 1.29 is 24.5 Å². The maximum absolute atomic E-state index is 12.4. The highest BCUT2D eigenvalue weighted by atomic mass is 16.5. The Morgan fingerprint density at radius 2 is 1.90 bits per heavy atom. The average Bonchev–Trinajstić information content (AvgIpc) is 2.47. The van der Waals surface area contributed by atoms with Crippen molar-refractivity contribution in [3.63, 3.8) is 0 Å². The molecule has 1 aromatic carbocycles. The maximum Gasteiger partial charge on any atom is 0.309 e. The standard InChI is InChI=1S/C15H19NO5/c1-15(14(19)20)5-7-16(8-6-15)13(18)10-3-4-12(21-2)11(17)9-10/h3-4,9,17H,5-8H2,1-2H3,(H,19,20). The first-order valence-electron chi connectivity index (χ1n) is 6.77. The van der Waals surface area contributed by atoms with Gasteiger partial charge in [-0.15, -0.1) is 0 Å². The fourth-order valence-corrected chi connectivity index (χ4v) is 2.42. The lowest BCUT2D eigenvalue weighted by molar-refractivity contribution is -0.150. The van der Waals surface area contributed by atoms with Crippen molar-refractivity contribution in [2.24, 2.45) is 5.41 Å². The molecule has 21 heavy (non-hydrogen) atoms. The number of amides is 1. The predicted octanol–water partition coefficient (Wildman–Crippen LogP) is 1.73. The predicted molar refractivity (Wildman–Crippen MR) is 75.5 cm³/mol. The Bertz CT molecular complexity index is 561. The maximum atomic E-state index is 12.4. The molecule has 0 spiro atoms. The summed E-state index contributed by atoms with van der Waals surface area (Å²) in [7, 11) is 1.44. The molecule has 1 amide bonds. The lowest BCUT2D eigenvalue weighted by atomic mass is 9.80. The number of piperidine rings is 1. The lowest BCUT2D eigenvalue weighted by Crippen LogP contribution is -2.45. The van der Waals surface area contributed by atoms with Gasteiger partial charge in [0, 0.05) is 18.7 Å². The highest BCUT2D eigenvalue weighted by Gasteiger charge is 2.38. The van der Waals surface area contributed by atoms with Gasteiger partial charge in [-0.2, -0.15) is 0 Å². The largest absolute Gasteiger partial charge is 0.504 e. The number of aliphatic carboxylic acids is 1. The van der Waals surface area contributed by atoms with Crippen LogP contribution in [0, 0.1) is 5.41 Å². The van der Waals surface area contributed by atoms with Gasteiger partial charge in [0.2, 0.25) is 0 Å². The normalized spacial score (nSPS) is 17.3. The number of carboxylic acids is 1. The molecule has 1 aliphatic heterocycles. The number of phenolic OH excluding ortho intramolecular Hbond substituents is 1. The first kappa shape index (κ1) is 15.2. The molecule has 0 unspecified atom stereocenters. The summed E-state index contributed by atoms with van der Waals surface area (Å²) in [5.74, 6) is -0.809. The summed E-state index contributed by atoms with van der Waals surface area (Å²) in [6.45, 7) is 2.50. The quantitative estimate of drug-likeness (QED) is 0.886. The Kier molecular flexibility index (Phi) is 4.06. The van der Waals surface area contributed by atoms with E-state index in [1.807, 2.05) is 0 Å². The minimum atomic E-state index is -0.823. The van der Waals surface area contributed by atoms with Crippen molar-refractivity contribution in [1.29, 1.82) is 0 Å². The molecule has 0 saturated carbocycles. The number of methoxy groups -OCH3 is 1. The molecule has 1 heterocycles. The van der Waals surface area contributed by atoms with Crippen LogP contribution in [0.1, 0.15) is 30.1 Å². The summed E-state index contributed by atoms with van der Waals surface area (Å²) in [6, 6.07) is 4.49. The fourth-order valence-electron chi connectivity index (χ4n) is 2.42. The van der Waals surface area contributed by atoms with Crippen LogP contribution in [0.3, 0.4) is 0 Å². The second-order valence-corrected chi connectivity index (χ2v) is 5.54. The highest BCUT2D eigenvalue weighted by molar-refractivity contribution is 5.95. The molecular weight excluding hydrogens is 274 g/mol. The molecule has 1 fully saturated rings. The van der Waals surface area contributed by atoms with Gasteiger partial charge in [0.15, 0.2) is 11.5 Å². The van der Waals surface area contributed by atoms with Gasteiger partial charge < -0.3 is 19.8 Å². The van der Waals surface area contributed by atoms with E-state index < -0.39 is 11.4 Å². The molecule has 1 aromatic rings. The molecule has 0 radical (unpaired) electrons. The zero-order valence-electron chi connectivity index (χ0n) is 12.1. The second-order valence-electron chi connectivity index (χ2n) is 5.54. The number of benzene rings is 1. The molecule has 1 aliphatic rings. The van der Waals surface area contributed by atoms with E-state index in [2.05, 4.69) is 0 Å². The molecule has 6 nitrogen and oxygen atoms in total. The molecule has 0 aromatic heterocycles. The number of rotatable bonds is 3. The minimum Gasteiger partial charge on any atom is -0.504 e. The number of likely N-dealkylation sites (tertiary alicyclic amines) is 1. The Balaban J connectivity index is 2.09. The first-order chi connectivity index (χ1) is 9.87. The van der Waals surface area contributed by atoms with Crippen LogP contribution in [0.4, 0.5) is 0 Å². The van der Waals surface area contributed by atoms with Crippen molar-refractivity contribution in [3.05, 3.63) is 23.8 Å². The van der Waals surface area contributed by atoms with Gasteiger partial charge in [0.25, 0.3) is 5.91 Å². The number of hydrogen-bond donors (Lipinski definition) is 2. The van der Waals surface area contributed by atoms with Crippen molar-refractivity contribution in [2.45, 2.75) is 19.8 Å². The number of hydrogen-bond acceptors (Lipinski definition) is 4. The van der Waals surface area contributed by atoms with E-state index in [9.17, 15) is 19.8 Å². The summed E-state index contributed by atoms with van der Waals surface area (Å²) in [5.41, 5.74) is -0.397. The smallest absolute Gasteiger partial charge is 0.309 e. The van der Waals surface area contributed by atoms with Gasteiger partial charge in [-0.3, -0.25) is 9.59 Å². The second kappa shape index (κ2) is 5.63. The van der Waals surface area contributed by atoms with Gasteiger partial charge in [0.1, 0.15) is 0 Å². The minimum absolute atomic E-state index is 0.0873. The molecule has 2 N–H and O–H groups in total. The molecule has 2 rings (SSSR count). The Morgan fingerprint density at radius 1 is 1.29 bits per heavy atom. The van der Waals surface area contributed by atoms with Crippen molar-refractivity contribution >= 4 is 11.9 Å². The van der Waals surface area contributed by atoms with E-state index in [-0.39, 0.29) is 11.7 Å². The van der Waals surface area contributed by atoms with E-state index in [0.29, 0.717) is 37.2 Å². The summed E-state index contributed by atoms with van der Waals surface area (Å²) in [4.78, 5) is 25.2. The van der Waals surface area contributed by atoms with E-state index in [1.165, 1.54) is 19.2 Å². The van der Waals surface area contributed by atoms with Crippen molar-refractivity contribution in [2.75, 3.05) is 20.2 Å². The van der Waals surface area contributed by atoms with Crippen LogP contribution in [-0.4, -0.2) is 47.2 Å². The number of carbonyl (C=O) groups excluding carboxylic acids is 1. The molecule has 6 heteroatoms. The zero-order valence-corrected chi connectivity index (χ0v) is 12.1. The molecule has 0 atom stereocenters. The van der Waals surface area contributed by atoms with Gasteiger partial charge in [-0.25, -0.2) is 0 Å². The summed E-state index contributed by atoms with van der Waals surface area (Å²) in [6.07, 6.45) is 0.854. The monoisotopic (exact) mass is 293 g/mol. The van der Waals surface area contributed by atoms with Crippen molar-refractivity contribution in [1.82, 2.24) is 4.90 Å². The van der Waals surface area contributed by atoms with Crippen LogP contribution >= 0.6 is 0 Å². The number of carbonyl (C=O) groups is 2. The molecule has 1 saturated heterocycles. The molecule has 114 valence electrons. The highest BCUT2D eigenvalue weighted by Crippen LogP contribution is 2.32. The van der Waals surface area contributed by atoms with Crippen LogP contribution in [0.2, 0.25) is 0 Å². The van der Waals surface area contributed by atoms with E-state index in [0.717, 1.165) is 0 Å². The van der Waals surface area contributed by atoms with Gasteiger partial charge >= 0.3 is 5.97 Å². The third kappa shape index (κ3) is 2.94. The van der Waals surface area contributed by atoms with Crippen molar-refractivity contribution in [3.8, 4) is 11.5 Å². The number of phenols is 1. The SMILES string of the molecule is COc1ccc(C(=O)N2CCC(C)(C(=O)O)CC2)cc1O. The summed E-state index contributed by atoms with van der Waals surface area (Å²) in [5, 5.41) is 18.9. The number of carboxylic acid groups (broad SMARTS) is 1. The van der Waals surface area contributed by atoms with Gasteiger partial charge in [-0.05, 0) is 38.0 Å². The Hall–Kier alpha value is -2.24. The lowest BCUT2D eigenvalue weighted by Gasteiger charge is -2.36. The molecule has 0 bridgehead atoms. The van der Waals surface area contributed by atoms with E-state index in [1.54, 1.807) is 17.9 Å². The summed E-state index contributed by atoms with van der Waals surface area (Å²) >= 11 is 0. The van der Waals surface area contributed by atoms with Gasteiger partial charge in [-0.1, -0.05) is 0 Å². The van der Waals surface area contributed by atoms with Gasteiger partial charge in [0.05, 0.1) is 12.5 Å². The first-order valence-corrected chi connectivity index (χ1v) is 6.77. The van der Waals surface area contributed by atoms with Crippen LogP contribution in [0.15, 0.2) is 18.2 Å². The van der Waals surface area contributed by atoms with Crippen LogP contribution in [-0.2, 0) is 4.79 Å². The molecule has 0 aliphatic carbocycles. The van der Waals surface area contributed by atoms with Crippen LogP contribution in [0.25, 0.3) is 0 Å². The zero-order chi connectivity index (χ0) is 15.6. The third-order valence-corrected chi connectivity index (χ3v) is 4.10. The molecular formula is C15H19NO5. The van der Waals surface area contributed by atoms with E-state index in [4.69, 9.17) is 4.74 Å². The Labute approximate surface area is 122 Å². The number of nitrogens with zero attached hydrogens (tertiary/aromatic N) is 1.